The largest absolute Gasteiger partial charge is 0.389 e. The van der Waals surface area contributed by atoms with Gasteiger partial charge in [-0.05, 0) is 43.7 Å². The van der Waals surface area contributed by atoms with Crippen LogP contribution in [0.15, 0.2) is 43.1 Å². The maximum atomic E-state index is 13.5. The summed E-state index contributed by atoms with van der Waals surface area (Å²) in [6.07, 6.45) is 3.90. The monoisotopic (exact) mass is 497 g/mol. The summed E-state index contributed by atoms with van der Waals surface area (Å²) in [7, 11) is 0. The summed E-state index contributed by atoms with van der Waals surface area (Å²) in [6, 6.07) is 2.79. The number of pyridine rings is 1. The lowest BCUT2D eigenvalue weighted by Crippen LogP contribution is -2.39. The van der Waals surface area contributed by atoms with Crippen LogP contribution in [0, 0.1) is 11.7 Å². The highest BCUT2D eigenvalue weighted by molar-refractivity contribution is 6.08. The molecule has 4 aromatic rings. The van der Waals surface area contributed by atoms with E-state index < -0.39 is 23.8 Å². The number of hydrogen-bond donors (Lipinski definition) is 1. The minimum atomic E-state index is -4.25. The summed E-state index contributed by atoms with van der Waals surface area (Å²) in [5, 5.41) is 2.83. The molecule has 1 N–H and O–H groups in total. The smallest absolute Gasteiger partial charge is 0.309 e. The first-order valence-corrected chi connectivity index (χ1v) is 11.5. The number of carbonyl (C=O) groups is 1. The number of anilines is 1. The molecule has 1 atom stereocenters. The molecule has 1 unspecified atom stereocenters. The van der Waals surface area contributed by atoms with Crippen LogP contribution >= 0.6 is 0 Å². The van der Waals surface area contributed by atoms with E-state index in [0.717, 1.165) is 19.0 Å². The molecule has 0 aromatic carbocycles. The van der Waals surface area contributed by atoms with E-state index >= 15 is 0 Å². The fourth-order valence-electron chi connectivity index (χ4n) is 4.94. The summed E-state index contributed by atoms with van der Waals surface area (Å²) < 4.78 is 53.2. The van der Waals surface area contributed by atoms with Crippen LogP contribution in [0.25, 0.3) is 17.2 Å². The minimum absolute atomic E-state index is 0.00757. The average molecular weight is 497 g/mol. The second-order valence-corrected chi connectivity index (χ2v) is 9.05. The lowest BCUT2D eigenvalue weighted by molar-refractivity contribution is -0.135. The Morgan fingerprint density at radius 1 is 1.11 bits per heavy atom. The van der Waals surface area contributed by atoms with Crippen molar-refractivity contribution in [1.82, 2.24) is 29.3 Å². The molecular weight excluding hydrogens is 478 g/mol. The van der Waals surface area contributed by atoms with Crippen molar-refractivity contribution in [2.75, 3.05) is 5.32 Å². The van der Waals surface area contributed by atoms with E-state index in [0.29, 0.717) is 34.1 Å². The molecule has 0 spiro atoms. The second kappa shape index (κ2) is 8.04. The van der Waals surface area contributed by atoms with Crippen LogP contribution in [-0.2, 0) is 16.6 Å². The van der Waals surface area contributed by atoms with E-state index in [9.17, 15) is 22.4 Å². The van der Waals surface area contributed by atoms with Gasteiger partial charge in [-0.15, -0.1) is 0 Å². The quantitative estimate of drug-likeness (QED) is 0.400. The summed E-state index contributed by atoms with van der Waals surface area (Å²) in [5.41, 5.74) is 1.09. The van der Waals surface area contributed by atoms with E-state index in [1.165, 1.54) is 18.3 Å². The summed E-state index contributed by atoms with van der Waals surface area (Å²) in [6.45, 7) is 0. The van der Waals surface area contributed by atoms with Gasteiger partial charge in [0.2, 0.25) is 5.91 Å². The minimum Gasteiger partial charge on any atom is -0.309 e. The standard InChI is InChI=1S/C24H19F4N7O/c25-14-5-6-18(30-10-14)24(13-3-4-13)15-11-31-20(33-19(15)34-22(24)36)17-12-35-9-8-29-21(35)16(32-17)2-1-7-23(26,27)28/h5-6,8-13H,1-4,7H2,(H,31,33,34,36). The Kier molecular flexibility index (Phi) is 5.02. The Bertz CT molecular complexity index is 1480. The van der Waals surface area contributed by atoms with Gasteiger partial charge in [-0.1, -0.05) is 0 Å². The zero-order valence-corrected chi connectivity index (χ0v) is 18.8. The molecule has 5 heterocycles. The topological polar surface area (TPSA) is 98.0 Å². The van der Waals surface area contributed by atoms with E-state index in [4.69, 9.17) is 0 Å². The molecule has 0 saturated heterocycles. The molecule has 8 nitrogen and oxygen atoms in total. The number of rotatable bonds is 6. The van der Waals surface area contributed by atoms with Crippen molar-refractivity contribution >= 4 is 17.4 Å². The molecule has 0 radical (unpaired) electrons. The summed E-state index contributed by atoms with van der Waals surface area (Å²) in [4.78, 5) is 35.3. The molecule has 0 bridgehead atoms. The van der Waals surface area contributed by atoms with Crippen molar-refractivity contribution in [3.05, 3.63) is 65.9 Å². The number of hydrogen-bond acceptors (Lipinski definition) is 6. The van der Waals surface area contributed by atoms with Crippen molar-refractivity contribution in [3.8, 4) is 11.5 Å². The lowest BCUT2D eigenvalue weighted by Gasteiger charge is -2.26. The molecule has 184 valence electrons. The Morgan fingerprint density at radius 2 is 1.94 bits per heavy atom. The summed E-state index contributed by atoms with van der Waals surface area (Å²) >= 11 is 0. The number of fused-ring (bicyclic) bond motifs is 2. The van der Waals surface area contributed by atoms with Gasteiger partial charge in [-0.25, -0.2) is 24.3 Å². The number of aromatic nitrogens is 6. The van der Waals surface area contributed by atoms with Gasteiger partial charge >= 0.3 is 6.18 Å². The van der Waals surface area contributed by atoms with Gasteiger partial charge in [0.15, 0.2) is 11.5 Å². The van der Waals surface area contributed by atoms with E-state index in [-0.39, 0.29) is 30.5 Å². The predicted molar refractivity (Wildman–Crippen MR) is 119 cm³/mol. The van der Waals surface area contributed by atoms with Crippen LogP contribution in [0.2, 0.25) is 0 Å². The number of imidazole rings is 1. The van der Waals surface area contributed by atoms with Gasteiger partial charge in [-0.3, -0.25) is 9.78 Å². The number of alkyl halides is 3. The van der Waals surface area contributed by atoms with Gasteiger partial charge < -0.3 is 9.72 Å². The molecule has 36 heavy (non-hydrogen) atoms. The second-order valence-electron chi connectivity index (χ2n) is 9.05. The first-order chi connectivity index (χ1) is 17.3. The van der Waals surface area contributed by atoms with E-state index in [1.54, 1.807) is 23.0 Å². The van der Waals surface area contributed by atoms with Crippen LogP contribution in [0.3, 0.4) is 0 Å². The zero-order chi connectivity index (χ0) is 25.1. The Labute approximate surface area is 201 Å². The molecule has 1 saturated carbocycles. The van der Waals surface area contributed by atoms with Crippen LogP contribution < -0.4 is 5.32 Å². The maximum Gasteiger partial charge on any atom is 0.389 e. The molecule has 1 amide bonds. The third-order valence-corrected chi connectivity index (χ3v) is 6.67. The third kappa shape index (κ3) is 3.67. The highest BCUT2D eigenvalue weighted by Gasteiger charge is 2.59. The van der Waals surface area contributed by atoms with Crippen LogP contribution in [-0.4, -0.2) is 41.4 Å². The van der Waals surface area contributed by atoms with E-state index in [1.807, 2.05) is 0 Å². The first kappa shape index (κ1) is 22.5. The Morgan fingerprint density at radius 3 is 2.67 bits per heavy atom. The van der Waals surface area contributed by atoms with Gasteiger partial charge in [-0.2, -0.15) is 13.2 Å². The normalized spacial score (nSPS) is 19.5. The number of nitrogens with zero attached hydrogens (tertiary/aromatic N) is 6. The average Bonchev–Trinajstić information content (AvgIpc) is 3.48. The maximum absolute atomic E-state index is 13.5. The van der Waals surface area contributed by atoms with Gasteiger partial charge in [0, 0.05) is 36.8 Å². The highest BCUT2D eigenvalue weighted by Crippen LogP contribution is 2.55. The van der Waals surface area contributed by atoms with Gasteiger partial charge in [0.25, 0.3) is 0 Å². The Balaban J connectivity index is 1.39. The molecule has 1 aliphatic heterocycles. The van der Waals surface area contributed by atoms with Crippen molar-refractivity contribution in [2.24, 2.45) is 5.92 Å². The van der Waals surface area contributed by atoms with Gasteiger partial charge in [0.05, 0.1) is 17.6 Å². The number of nitrogens with one attached hydrogen (secondary N) is 1. The Hall–Kier alpha value is -3.96. The van der Waals surface area contributed by atoms with Crippen molar-refractivity contribution in [3.63, 3.8) is 0 Å². The van der Waals surface area contributed by atoms with Crippen molar-refractivity contribution in [1.29, 1.82) is 0 Å². The molecule has 1 aliphatic carbocycles. The fourth-order valence-corrected chi connectivity index (χ4v) is 4.94. The number of carbonyl (C=O) groups excluding carboxylic acids is 1. The molecule has 4 aromatic heterocycles. The molecule has 6 rings (SSSR count). The van der Waals surface area contributed by atoms with Crippen LogP contribution in [0.1, 0.15) is 42.6 Å². The van der Waals surface area contributed by atoms with Crippen LogP contribution in [0.5, 0.6) is 0 Å². The van der Waals surface area contributed by atoms with Gasteiger partial charge in [0.1, 0.15) is 22.7 Å². The number of aryl methyl sites for hydroxylation is 1. The molecular formula is C24H19F4N7O. The third-order valence-electron chi connectivity index (χ3n) is 6.67. The zero-order valence-electron chi connectivity index (χ0n) is 18.8. The van der Waals surface area contributed by atoms with Crippen LogP contribution in [0.4, 0.5) is 23.4 Å². The fraction of sp³-hybridized carbons (Fsp3) is 0.333. The summed E-state index contributed by atoms with van der Waals surface area (Å²) in [5.74, 6) is -0.278. The van der Waals surface area contributed by atoms with E-state index in [2.05, 4.69) is 30.2 Å². The van der Waals surface area contributed by atoms with Crippen molar-refractivity contribution in [2.45, 2.75) is 43.7 Å². The lowest BCUT2D eigenvalue weighted by atomic mass is 9.75. The molecule has 12 heteroatoms. The van der Waals surface area contributed by atoms with Crippen molar-refractivity contribution < 1.29 is 22.4 Å². The predicted octanol–water partition coefficient (Wildman–Crippen LogP) is 4.25. The number of halogens is 4. The molecule has 1 fully saturated rings. The number of amides is 1. The molecule has 2 aliphatic rings. The SMILES string of the molecule is O=C1Nc2nc(-c3cn4ccnc4c(CCCC(F)(F)F)n3)ncc2C1(c1ccc(F)cn1)C1CC1. The first-order valence-electron chi connectivity index (χ1n) is 11.5. The highest BCUT2D eigenvalue weighted by atomic mass is 19.4.